The van der Waals surface area contributed by atoms with Crippen LogP contribution in [0.1, 0.15) is 28.8 Å². The molecule has 7 nitrogen and oxygen atoms in total. The Kier molecular flexibility index (Phi) is 4.70. The SMILES string of the molecule is Cc1c(C(=O)N2CCCC(N3CCNCC3=O)C2)c(=O)[nH]c2ccccc12. The number of likely N-dealkylation sites (tertiary alicyclic amines) is 1. The van der Waals surface area contributed by atoms with E-state index in [1.54, 1.807) is 4.90 Å². The van der Waals surface area contributed by atoms with Crippen LogP contribution in [0.3, 0.4) is 0 Å². The van der Waals surface area contributed by atoms with Crippen LogP contribution in [-0.2, 0) is 4.79 Å². The van der Waals surface area contributed by atoms with E-state index < -0.39 is 0 Å². The summed E-state index contributed by atoms with van der Waals surface area (Å²) in [6, 6.07) is 7.53. The number of aromatic nitrogens is 1. The zero-order valence-electron chi connectivity index (χ0n) is 15.5. The molecule has 1 atom stereocenters. The standard InChI is InChI=1S/C20H24N4O3/c1-13-15-6-2-3-7-16(15)22-19(26)18(13)20(27)23-9-4-5-14(12-23)24-10-8-21-11-17(24)25/h2-3,6-7,14,21H,4-5,8-12H2,1H3,(H,22,26). The summed E-state index contributed by atoms with van der Waals surface area (Å²) in [6.07, 6.45) is 1.72. The number of fused-ring (bicyclic) bond motifs is 1. The molecule has 0 bridgehead atoms. The average Bonchev–Trinajstić information content (AvgIpc) is 2.68. The molecule has 142 valence electrons. The van der Waals surface area contributed by atoms with Crippen molar-refractivity contribution < 1.29 is 9.59 Å². The predicted molar refractivity (Wildman–Crippen MR) is 103 cm³/mol. The van der Waals surface area contributed by atoms with Crippen molar-refractivity contribution in [3.05, 3.63) is 45.7 Å². The van der Waals surface area contributed by atoms with Gasteiger partial charge in [0.1, 0.15) is 5.56 Å². The van der Waals surface area contributed by atoms with Gasteiger partial charge >= 0.3 is 0 Å². The van der Waals surface area contributed by atoms with E-state index >= 15 is 0 Å². The van der Waals surface area contributed by atoms with E-state index in [0.29, 0.717) is 31.7 Å². The highest BCUT2D eigenvalue weighted by Crippen LogP contribution is 2.22. The van der Waals surface area contributed by atoms with E-state index in [-0.39, 0.29) is 29.0 Å². The molecule has 2 amide bonds. The molecule has 2 N–H and O–H groups in total. The minimum atomic E-state index is -0.350. The number of piperazine rings is 1. The number of aromatic amines is 1. The lowest BCUT2D eigenvalue weighted by Gasteiger charge is -2.41. The maximum absolute atomic E-state index is 13.2. The van der Waals surface area contributed by atoms with Crippen LogP contribution in [0.5, 0.6) is 0 Å². The lowest BCUT2D eigenvalue weighted by molar-refractivity contribution is -0.135. The Morgan fingerprint density at radius 3 is 2.81 bits per heavy atom. The first kappa shape index (κ1) is 17.7. The van der Waals surface area contributed by atoms with E-state index in [4.69, 9.17) is 0 Å². The van der Waals surface area contributed by atoms with Crippen molar-refractivity contribution in [3.8, 4) is 0 Å². The molecule has 27 heavy (non-hydrogen) atoms. The lowest BCUT2D eigenvalue weighted by atomic mass is 10.00. The Morgan fingerprint density at radius 1 is 1.19 bits per heavy atom. The van der Waals surface area contributed by atoms with Crippen molar-refractivity contribution in [2.75, 3.05) is 32.7 Å². The molecule has 2 aromatic rings. The normalized spacial score (nSPS) is 20.9. The van der Waals surface area contributed by atoms with Gasteiger partial charge in [0.2, 0.25) is 5.91 Å². The average molecular weight is 368 g/mol. The third-order valence-electron chi connectivity index (χ3n) is 5.65. The first-order chi connectivity index (χ1) is 13.1. The number of hydrogen-bond acceptors (Lipinski definition) is 4. The van der Waals surface area contributed by atoms with Gasteiger partial charge in [-0.1, -0.05) is 18.2 Å². The summed E-state index contributed by atoms with van der Waals surface area (Å²) in [5, 5.41) is 3.96. The van der Waals surface area contributed by atoms with Gasteiger partial charge in [0.25, 0.3) is 11.5 Å². The number of amides is 2. The second-order valence-electron chi connectivity index (χ2n) is 7.31. The quantitative estimate of drug-likeness (QED) is 0.824. The Morgan fingerprint density at radius 2 is 2.00 bits per heavy atom. The van der Waals surface area contributed by atoms with E-state index in [2.05, 4.69) is 10.3 Å². The number of aryl methyl sites for hydroxylation is 1. The fraction of sp³-hybridized carbons (Fsp3) is 0.450. The van der Waals surface area contributed by atoms with Crippen molar-refractivity contribution >= 4 is 22.7 Å². The summed E-state index contributed by atoms with van der Waals surface area (Å²) in [5.74, 6) is -0.160. The number of para-hydroxylation sites is 1. The van der Waals surface area contributed by atoms with Gasteiger partial charge in [-0.3, -0.25) is 14.4 Å². The number of piperidine rings is 1. The highest BCUT2D eigenvalue weighted by Gasteiger charge is 2.33. The van der Waals surface area contributed by atoms with Gasteiger partial charge in [-0.05, 0) is 31.4 Å². The van der Waals surface area contributed by atoms with Gasteiger partial charge in [-0.25, -0.2) is 0 Å². The van der Waals surface area contributed by atoms with Gasteiger partial charge in [0.05, 0.1) is 6.54 Å². The van der Waals surface area contributed by atoms with Crippen LogP contribution in [0, 0.1) is 6.92 Å². The Hall–Kier alpha value is -2.67. The minimum absolute atomic E-state index is 0.0251. The minimum Gasteiger partial charge on any atom is -0.336 e. The van der Waals surface area contributed by atoms with Crippen LogP contribution in [0.2, 0.25) is 0 Å². The van der Waals surface area contributed by atoms with Crippen molar-refractivity contribution in [2.45, 2.75) is 25.8 Å². The van der Waals surface area contributed by atoms with Crippen molar-refractivity contribution in [1.29, 1.82) is 0 Å². The van der Waals surface area contributed by atoms with Crippen LogP contribution in [0.25, 0.3) is 10.9 Å². The van der Waals surface area contributed by atoms with Gasteiger partial charge in [-0.15, -0.1) is 0 Å². The lowest BCUT2D eigenvalue weighted by Crippen LogP contribution is -2.57. The van der Waals surface area contributed by atoms with Crippen LogP contribution < -0.4 is 10.9 Å². The largest absolute Gasteiger partial charge is 0.336 e. The molecule has 0 radical (unpaired) electrons. The smallest absolute Gasteiger partial charge is 0.261 e. The molecule has 2 saturated heterocycles. The summed E-state index contributed by atoms with van der Waals surface area (Å²) in [4.78, 5) is 44.4. The first-order valence-corrected chi connectivity index (χ1v) is 9.47. The number of nitrogens with zero attached hydrogens (tertiary/aromatic N) is 2. The molecule has 1 aromatic carbocycles. The molecule has 0 spiro atoms. The fourth-order valence-electron chi connectivity index (χ4n) is 4.23. The third kappa shape index (κ3) is 3.23. The summed E-state index contributed by atoms with van der Waals surface area (Å²) >= 11 is 0. The van der Waals surface area contributed by atoms with E-state index in [9.17, 15) is 14.4 Å². The Balaban J connectivity index is 1.62. The molecule has 7 heteroatoms. The van der Waals surface area contributed by atoms with Crippen LogP contribution >= 0.6 is 0 Å². The fourth-order valence-corrected chi connectivity index (χ4v) is 4.23. The molecule has 2 aliphatic rings. The second-order valence-corrected chi connectivity index (χ2v) is 7.31. The first-order valence-electron chi connectivity index (χ1n) is 9.47. The van der Waals surface area contributed by atoms with Gasteiger partial charge in [0.15, 0.2) is 0 Å². The highest BCUT2D eigenvalue weighted by atomic mass is 16.2. The van der Waals surface area contributed by atoms with Gasteiger partial charge in [-0.2, -0.15) is 0 Å². The summed E-state index contributed by atoms with van der Waals surface area (Å²) in [6.45, 7) is 4.72. The molecule has 4 rings (SSSR count). The van der Waals surface area contributed by atoms with Crippen LogP contribution in [0.15, 0.2) is 29.1 Å². The molecule has 3 heterocycles. The Labute approximate surface area is 157 Å². The number of nitrogens with one attached hydrogen (secondary N) is 2. The van der Waals surface area contributed by atoms with E-state index in [1.807, 2.05) is 36.1 Å². The summed E-state index contributed by atoms with van der Waals surface area (Å²) in [5.41, 5.74) is 1.30. The number of rotatable bonds is 2. The summed E-state index contributed by atoms with van der Waals surface area (Å²) < 4.78 is 0. The molecular formula is C20H24N4O3. The number of hydrogen-bond donors (Lipinski definition) is 2. The van der Waals surface area contributed by atoms with Crippen molar-refractivity contribution in [2.24, 2.45) is 0 Å². The van der Waals surface area contributed by atoms with Gasteiger partial charge in [0, 0.05) is 43.1 Å². The molecule has 0 saturated carbocycles. The number of pyridine rings is 1. The maximum atomic E-state index is 13.2. The number of benzene rings is 1. The van der Waals surface area contributed by atoms with Crippen molar-refractivity contribution in [1.82, 2.24) is 20.1 Å². The van der Waals surface area contributed by atoms with E-state index in [0.717, 1.165) is 30.3 Å². The summed E-state index contributed by atoms with van der Waals surface area (Å²) in [7, 11) is 0. The third-order valence-corrected chi connectivity index (χ3v) is 5.65. The predicted octanol–water partition coefficient (Wildman–Crippen LogP) is 0.873. The molecule has 2 fully saturated rings. The second kappa shape index (κ2) is 7.15. The van der Waals surface area contributed by atoms with Crippen LogP contribution in [0.4, 0.5) is 0 Å². The number of carbonyl (C=O) groups is 2. The zero-order chi connectivity index (χ0) is 19.0. The molecule has 2 aliphatic heterocycles. The monoisotopic (exact) mass is 368 g/mol. The van der Waals surface area contributed by atoms with Gasteiger partial charge < -0.3 is 20.1 Å². The molecule has 1 aromatic heterocycles. The molecule has 0 aliphatic carbocycles. The van der Waals surface area contributed by atoms with E-state index in [1.165, 1.54) is 0 Å². The zero-order valence-corrected chi connectivity index (χ0v) is 15.5. The topological polar surface area (TPSA) is 85.5 Å². The van der Waals surface area contributed by atoms with Crippen molar-refractivity contribution in [3.63, 3.8) is 0 Å². The maximum Gasteiger partial charge on any atom is 0.261 e. The molecular weight excluding hydrogens is 344 g/mol. The number of carbonyl (C=O) groups excluding carboxylic acids is 2. The number of H-pyrrole nitrogens is 1. The Bertz CT molecular complexity index is 952. The highest BCUT2D eigenvalue weighted by molar-refractivity contribution is 6.00. The molecule has 1 unspecified atom stereocenters. The van der Waals surface area contributed by atoms with Crippen LogP contribution in [-0.4, -0.2) is 65.4 Å².